The number of hydrogen-bond donors (Lipinski definition) is 4. The van der Waals surface area contributed by atoms with Gasteiger partial charge in [0.15, 0.2) is 0 Å². The zero-order chi connectivity index (χ0) is 15.8. The molecule has 4 fully saturated rings. The minimum Gasteiger partial charge on any atom is -0.393 e. The average Bonchev–Trinajstić information content (AvgIpc) is 2.76. The maximum atomic E-state index is 11.4. The number of hydrogen-bond acceptors (Lipinski definition) is 4. The topological polar surface area (TPSA) is 80.9 Å². The Bertz CT molecular complexity index is 468. The molecular formula is C18H30O4. The molecule has 4 aliphatic rings. The van der Waals surface area contributed by atoms with Crippen molar-refractivity contribution in [2.24, 2.45) is 23.2 Å². The fourth-order valence-electron chi connectivity index (χ4n) is 6.80. The molecule has 0 saturated heterocycles. The van der Waals surface area contributed by atoms with Crippen LogP contribution in [0.3, 0.4) is 0 Å². The highest BCUT2D eigenvalue weighted by molar-refractivity contribution is 5.16. The van der Waals surface area contributed by atoms with Gasteiger partial charge in [-0.2, -0.15) is 0 Å². The monoisotopic (exact) mass is 310 g/mol. The van der Waals surface area contributed by atoms with Crippen molar-refractivity contribution >= 4 is 0 Å². The second kappa shape index (κ2) is 4.69. The second-order valence-corrected chi connectivity index (χ2v) is 8.91. The molecule has 3 unspecified atom stereocenters. The highest BCUT2D eigenvalue weighted by Crippen LogP contribution is 2.64. The maximum Gasteiger partial charge on any atom is 0.0965 e. The largest absolute Gasteiger partial charge is 0.393 e. The highest BCUT2D eigenvalue weighted by Gasteiger charge is 2.65. The SMILES string of the molecule is C[C@]12CC[C@H]3[C@@H](CCC4(O)CC(O)CC[C@]34O)[C@@H]1CCC2O. The minimum absolute atomic E-state index is 0.00115. The molecule has 0 amide bonds. The molecule has 0 aliphatic heterocycles. The van der Waals surface area contributed by atoms with Crippen LogP contribution in [0, 0.1) is 23.2 Å². The van der Waals surface area contributed by atoms with Gasteiger partial charge in [0.1, 0.15) is 0 Å². The molecule has 4 N–H and O–H groups in total. The predicted octanol–water partition coefficient (Wildman–Crippen LogP) is 1.59. The first-order chi connectivity index (χ1) is 10.3. The van der Waals surface area contributed by atoms with Gasteiger partial charge in [0, 0.05) is 6.42 Å². The van der Waals surface area contributed by atoms with E-state index in [1.807, 2.05) is 0 Å². The first kappa shape index (κ1) is 15.4. The van der Waals surface area contributed by atoms with Gasteiger partial charge in [-0.15, -0.1) is 0 Å². The van der Waals surface area contributed by atoms with Gasteiger partial charge in [0.2, 0.25) is 0 Å². The van der Waals surface area contributed by atoms with Crippen molar-refractivity contribution in [1.29, 1.82) is 0 Å². The van der Waals surface area contributed by atoms with Gasteiger partial charge in [-0.05, 0) is 74.5 Å². The highest BCUT2D eigenvalue weighted by atomic mass is 16.4. The zero-order valence-electron chi connectivity index (χ0n) is 13.5. The summed E-state index contributed by atoms with van der Waals surface area (Å²) in [5.41, 5.74) is -2.15. The van der Waals surface area contributed by atoms with E-state index in [4.69, 9.17) is 0 Å². The van der Waals surface area contributed by atoms with Crippen molar-refractivity contribution in [3.05, 3.63) is 0 Å². The third-order valence-electron chi connectivity index (χ3n) is 8.13. The molecule has 4 heteroatoms. The van der Waals surface area contributed by atoms with Crippen LogP contribution in [-0.4, -0.2) is 43.8 Å². The molecule has 0 radical (unpaired) electrons. The summed E-state index contributed by atoms with van der Waals surface area (Å²) in [4.78, 5) is 0. The van der Waals surface area contributed by atoms with Crippen LogP contribution in [0.2, 0.25) is 0 Å². The van der Waals surface area contributed by atoms with Crippen LogP contribution in [0.15, 0.2) is 0 Å². The molecule has 0 aromatic heterocycles. The van der Waals surface area contributed by atoms with E-state index >= 15 is 0 Å². The summed E-state index contributed by atoms with van der Waals surface area (Å²) in [5, 5.41) is 42.8. The molecule has 4 saturated carbocycles. The van der Waals surface area contributed by atoms with Crippen LogP contribution in [0.25, 0.3) is 0 Å². The number of aliphatic hydroxyl groups is 4. The zero-order valence-corrected chi connectivity index (χ0v) is 13.5. The van der Waals surface area contributed by atoms with Crippen molar-refractivity contribution in [3.63, 3.8) is 0 Å². The molecule has 0 spiro atoms. The summed E-state index contributed by atoms with van der Waals surface area (Å²) in [6, 6.07) is 0. The lowest BCUT2D eigenvalue weighted by molar-refractivity contribution is -0.266. The summed E-state index contributed by atoms with van der Waals surface area (Å²) in [6.45, 7) is 2.22. The standard InChI is InChI=1S/C18H30O4/c1-16-7-6-14-12(13(16)2-3-15(16)20)5-8-17(21)10-11(19)4-9-18(14,17)22/h11-15,19-22H,2-10H2,1H3/t11?,12-,13-,14-,15?,16-,17?,18-/m0/s1. The van der Waals surface area contributed by atoms with Crippen molar-refractivity contribution in [1.82, 2.24) is 0 Å². The van der Waals surface area contributed by atoms with Gasteiger partial charge < -0.3 is 20.4 Å². The van der Waals surface area contributed by atoms with Crippen LogP contribution in [0.1, 0.15) is 64.7 Å². The Morgan fingerprint density at radius 2 is 1.59 bits per heavy atom. The van der Waals surface area contributed by atoms with Gasteiger partial charge in [-0.1, -0.05) is 6.92 Å². The summed E-state index contributed by atoms with van der Waals surface area (Å²) < 4.78 is 0. The van der Waals surface area contributed by atoms with E-state index in [-0.39, 0.29) is 17.4 Å². The Kier molecular flexibility index (Phi) is 3.27. The lowest BCUT2D eigenvalue weighted by Gasteiger charge is -2.62. The maximum absolute atomic E-state index is 11.4. The molecule has 0 bridgehead atoms. The first-order valence-corrected chi connectivity index (χ1v) is 9.11. The molecule has 126 valence electrons. The Labute approximate surface area is 132 Å². The van der Waals surface area contributed by atoms with E-state index in [9.17, 15) is 20.4 Å². The number of rotatable bonds is 0. The second-order valence-electron chi connectivity index (χ2n) is 8.91. The number of aliphatic hydroxyl groups excluding tert-OH is 2. The van der Waals surface area contributed by atoms with Crippen molar-refractivity contribution in [3.8, 4) is 0 Å². The van der Waals surface area contributed by atoms with Crippen LogP contribution >= 0.6 is 0 Å². The third kappa shape index (κ3) is 1.78. The summed E-state index contributed by atoms with van der Waals surface area (Å²) in [6.07, 6.45) is 6.01. The van der Waals surface area contributed by atoms with Gasteiger partial charge in [-0.25, -0.2) is 0 Å². The first-order valence-electron chi connectivity index (χ1n) is 9.11. The Hall–Kier alpha value is -0.160. The predicted molar refractivity (Wildman–Crippen MR) is 82.0 cm³/mol. The normalized spacial score (nSPS) is 61.2. The molecule has 4 nitrogen and oxygen atoms in total. The molecule has 0 aromatic carbocycles. The van der Waals surface area contributed by atoms with E-state index in [0.29, 0.717) is 37.5 Å². The fourth-order valence-corrected chi connectivity index (χ4v) is 6.80. The van der Waals surface area contributed by atoms with Gasteiger partial charge in [-0.3, -0.25) is 0 Å². The average molecular weight is 310 g/mol. The Morgan fingerprint density at radius 3 is 2.36 bits per heavy atom. The van der Waals surface area contributed by atoms with Gasteiger partial charge >= 0.3 is 0 Å². The van der Waals surface area contributed by atoms with Crippen molar-refractivity contribution in [2.45, 2.75) is 88.1 Å². The summed E-state index contributed by atoms with van der Waals surface area (Å²) >= 11 is 0. The van der Waals surface area contributed by atoms with E-state index in [1.54, 1.807) is 0 Å². The van der Waals surface area contributed by atoms with Crippen LogP contribution in [0.5, 0.6) is 0 Å². The van der Waals surface area contributed by atoms with E-state index in [2.05, 4.69) is 6.92 Å². The smallest absolute Gasteiger partial charge is 0.0965 e. The van der Waals surface area contributed by atoms with Crippen molar-refractivity contribution in [2.75, 3.05) is 0 Å². The summed E-state index contributed by atoms with van der Waals surface area (Å²) in [7, 11) is 0. The number of fused-ring (bicyclic) bond motifs is 5. The molecule has 4 rings (SSSR count). The van der Waals surface area contributed by atoms with Crippen molar-refractivity contribution < 1.29 is 20.4 Å². The van der Waals surface area contributed by atoms with Crippen LogP contribution in [-0.2, 0) is 0 Å². The molecule has 4 aliphatic carbocycles. The van der Waals surface area contributed by atoms with E-state index in [0.717, 1.165) is 32.1 Å². The molecule has 8 atom stereocenters. The third-order valence-corrected chi connectivity index (χ3v) is 8.13. The lowest BCUT2D eigenvalue weighted by Crippen LogP contribution is -2.68. The molecular weight excluding hydrogens is 280 g/mol. The van der Waals surface area contributed by atoms with Crippen LogP contribution in [0.4, 0.5) is 0 Å². The molecule has 0 heterocycles. The Morgan fingerprint density at radius 1 is 0.818 bits per heavy atom. The van der Waals surface area contributed by atoms with Crippen LogP contribution < -0.4 is 0 Å². The van der Waals surface area contributed by atoms with E-state index in [1.165, 1.54) is 0 Å². The van der Waals surface area contributed by atoms with E-state index < -0.39 is 17.3 Å². The van der Waals surface area contributed by atoms with Gasteiger partial charge in [0.05, 0.1) is 23.4 Å². The minimum atomic E-state index is -1.11. The molecule has 0 aromatic rings. The Balaban J connectivity index is 1.67. The fraction of sp³-hybridized carbons (Fsp3) is 1.00. The lowest BCUT2D eigenvalue weighted by atomic mass is 9.47. The van der Waals surface area contributed by atoms with Gasteiger partial charge in [0.25, 0.3) is 0 Å². The summed E-state index contributed by atoms with van der Waals surface area (Å²) in [5.74, 6) is 1.01. The quantitative estimate of drug-likeness (QED) is 0.548. The molecule has 22 heavy (non-hydrogen) atoms.